The number of aromatic amines is 2. The van der Waals surface area contributed by atoms with E-state index < -0.39 is 0 Å². The fraction of sp³-hybridized carbons (Fsp3) is 0.364. The first-order valence-electron chi connectivity index (χ1n) is 10.2. The smallest absolute Gasteiger partial charge is 0.153 e. The zero-order valence-corrected chi connectivity index (χ0v) is 15.4. The van der Waals surface area contributed by atoms with Gasteiger partial charge in [-0.05, 0) is 78.3 Å². The lowest BCUT2D eigenvalue weighted by atomic mass is 9.67. The van der Waals surface area contributed by atoms with Gasteiger partial charge in [-0.1, -0.05) is 6.07 Å². The van der Waals surface area contributed by atoms with Crippen LogP contribution in [0.1, 0.15) is 42.3 Å². The Morgan fingerprint density at radius 3 is 2.86 bits per heavy atom. The molecule has 0 saturated heterocycles. The number of hydrogen-bond donors (Lipinski definition) is 4. The van der Waals surface area contributed by atoms with Gasteiger partial charge in [0.1, 0.15) is 0 Å². The lowest BCUT2D eigenvalue weighted by Gasteiger charge is -2.43. The monoisotopic (exact) mass is 370 g/mol. The summed E-state index contributed by atoms with van der Waals surface area (Å²) in [4.78, 5) is 0. The van der Waals surface area contributed by atoms with Crippen molar-refractivity contribution in [1.29, 1.82) is 0 Å². The van der Waals surface area contributed by atoms with Crippen LogP contribution in [-0.2, 0) is 0 Å². The Morgan fingerprint density at radius 1 is 0.964 bits per heavy atom. The van der Waals surface area contributed by atoms with Gasteiger partial charge >= 0.3 is 0 Å². The predicted octanol–water partition coefficient (Wildman–Crippen LogP) is 4.32. The van der Waals surface area contributed by atoms with Gasteiger partial charge < -0.3 is 11.1 Å². The zero-order valence-electron chi connectivity index (χ0n) is 15.4. The van der Waals surface area contributed by atoms with Crippen LogP contribution in [0.5, 0.6) is 0 Å². The van der Waals surface area contributed by atoms with Crippen LogP contribution < -0.4 is 11.1 Å². The van der Waals surface area contributed by atoms with Crippen LogP contribution in [0.25, 0.3) is 21.8 Å². The Balaban J connectivity index is 1.43. The normalized spacial score (nSPS) is 30.5. The van der Waals surface area contributed by atoms with Crippen molar-refractivity contribution in [2.24, 2.45) is 17.8 Å². The topological polar surface area (TPSA) is 95.4 Å². The van der Waals surface area contributed by atoms with Gasteiger partial charge in [-0.3, -0.25) is 10.2 Å². The van der Waals surface area contributed by atoms with E-state index in [1.807, 2.05) is 6.20 Å². The molecule has 2 aliphatic carbocycles. The molecule has 0 amide bonds. The van der Waals surface area contributed by atoms with Crippen molar-refractivity contribution in [2.45, 2.75) is 31.2 Å². The molecule has 2 unspecified atom stereocenters. The van der Waals surface area contributed by atoms with Crippen LogP contribution in [0, 0.1) is 17.8 Å². The van der Waals surface area contributed by atoms with Gasteiger partial charge in [0.15, 0.2) is 5.82 Å². The number of anilines is 2. The molecule has 6 heteroatoms. The molecule has 6 nitrogen and oxygen atoms in total. The Bertz CT molecular complexity index is 1240. The summed E-state index contributed by atoms with van der Waals surface area (Å²) < 4.78 is 0. The van der Waals surface area contributed by atoms with E-state index in [-0.39, 0.29) is 0 Å². The van der Waals surface area contributed by atoms with Gasteiger partial charge in [-0.25, -0.2) is 0 Å². The van der Waals surface area contributed by atoms with Gasteiger partial charge in [-0.15, -0.1) is 0 Å². The Morgan fingerprint density at radius 2 is 1.89 bits per heavy atom. The van der Waals surface area contributed by atoms with Crippen LogP contribution in [0.15, 0.2) is 36.5 Å². The molecule has 2 bridgehead atoms. The summed E-state index contributed by atoms with van der Waals surface area (Å²) in [5, 5.41) is 21.0. The molecule has 1 aliphatic heterocycles. The maximum atomic E-state index is 5.98. The number of aromatic nitrogens is 4. The molecule has 2 aromatic carbocycles. The minimum atomic E-state index is 0.325. The first-order chi connectivity index (χ1) is 13.8. The van der Waals surface area contributed by atoms with Crippen LogP contribution in [0.2, 0.25) is 0 Å². The van der Waals surface area contributed by atoms with Crippen molar-refractivity contribution >= 4 is 33.3 Å². The summed E-state index contributed by atoms with van der Waals surface area (Å²) in [6, 6.07) is 11.3. The van der Waals surface area contributed by atoms with Gasteiger partial charge in [0, 0.05) is 16.5 Å². The molecule has 3 aliphatic rings. The molecule has 2 fully saturated rings. The molecule has 2 saturated carbocycles. The molecule has 4 aromatic rings. The summed E-state index contributed by atoms with van der Waals surface area (Å²) in [7, 11) is 0. The largest absolute Gasteiger partial charge is 0.382 e. The van der Waals surface area contributed by atoms with Crippen LogP contribution in [0.4, 0.5) is 11.5 Å². The second-order valence-electron chi connectivity index (χ2n) is 8.83. The average Bonchev–Trinajstić information content (AvgIpc) is 3.50. The van der Waals surface area contributed by atoms with Gasteiger partial charge in [-0.2, -0.15) is 10.2 Å². The SMILES string of the molecule is Nc1n[nH]c2cc([C@@H]3Nc4ccc5[nH]ncc5c4[C@H]4C5CCC(C5)[C@@H]34)ccc12. The van der Waals surface area contributed by atoms with Crippen LogP contribution >= 0.6 is 0 Å². The van der Waals surface area contributed by atoms with E-state index in [0.717, 1.165) is 28.3 Å². The standard InChI is InChI=1S/C22H22N6/c23-22-13-4-3-12(8-17(13)27-28-22)21-19-11-2-1-10(7-11)18(19)20-14-9-24-26-15(14)5-6-16(20)25-21/h3-6,8-11,18-19,21,25H,1-2,7H2,(H,24,26)(H3,23,27,28)/t10?,11?,18-,19+,21-/m0/s1. The highest BCUT2D eigenvalue weighted by molar-refractivity contribution is 5.90. The predicted molar refractivity (Wildman–Crippen MR) is 110 cm³/mol. The van der Waals surface area contributed by atoms with Gasteiger partial charge in [0.2, 0.25) is 0 Å². The highest BCUT2D eigenvalue weighted by Gasteiger charge is 2.54. The number of nitrogen functional groups attached to an aromatic ring is 1. The number of nitrogens with zero attached hydrogens (tertiary/aromatic N) is 2. The average molecular weight is 370 g/mol. The summed E-state index contributed by atoms with van der Waals surface area (Å²) in [5.41, 5.74) is 12.2. The first-order valence-corrected chi connectivity index (χ1v) is 10.2. The molecule has 0 radical (unpaired) electrons. The number of nitrogens with one attached hydrogen (secondary N) is 3. The van der Waals surface area contributed by atoms with Gasteiger partial charge in [0.25, 0.3) is 0 Å². The van der Waals surface area contributed by atoms with Crippen molar-refractivity contribution < 1.29 is 0 Å². The molecule has 28 heavy (non-hydrogen) atoms. The Hall–Kier alpha value is -3.02. The number of benzene rings is 2. The van der Waals surface area contributed by atoms with Crippen LogP contribution in [-0.4, -0.2) is 20.4 Å². The fourth-order valence-electron chi connectivity index (χ4n) is 6.59. The third kappa shape index (κ3) is 1.78. The molecule has 0 spiro atoms. The van der Waals surface area contributed by atoms with E-state index in [2.05, 4.69) is 56.0 Å². The molecule has 5 N–H and O–H groups in total. The molecule has 3 heterocycles. The molecule has 7 rings (SSSR count). The number of rotatable bonds is 1. The quantitative estimate of drug-likeness (QED) is 0.401. The third-order valence-electron chi connectivity index (χ3n) is 7.65. The van der Waals surface area contributed by atoms with E-state index >= 15 is 0 Å². The lowest BCUT2D eigenvalue weighted by molar-refractivity contribution is 0.249. The van der Waals surface area contributed by atoms with Gasteiger partial charge in [0.05, 0.1) is 23.3 Å². The molecular formula is C22H22N6. The number of fused-ring (bicyclic) bond motifs is 10. The molecule has 5 atom stereocenters. The van der Waals surface area contributed by atoms with E-state index in [4.69, 9.17) is 5.73 Å². The van der Waals surface area contributed by atoms with E-state index in [1.54, 1.807) is 0 Å². The number of H-pyrrole nitrogens is 2. The summed E-state index contributed by atoms with van der Waals surface area (Å²) in [6.45, 7) is 0. The minimum absolute atomic E-state index is 0.325. The Kier molecular flexibility index (Phi) is 2.71. The van der Waals surface area contributed by atoms with E-state index in [1.165, 1.54) is 41.5 Å². The fourth-order valence-corrected chi connectivity index (χ4v) is 6.59. The first kappa shape index (κ1) is 15.0. The highest BCUT2D eigenvalue weighted by Crippen LogP contribution is 2.64. The van der Waals surface area contributed by atoms with E-state index in [9.17, 15) is 0 Å². The minimum Gasteiger partial charge on any atom is -0.382 e. The lowest BCUT2D eigenvalue weighted by Crippen LogP contribution is -2.35. The second-order valence-corrected chi connectivity index (χ2v) is 8.83. The number of hydrogen-bond acceptors (Lipinski definition) is 4. The molecule has 140 valence electrons. The second kappa shape index (κ2) is 5.07. The number of nitrogens with two attached hydrogens (primary N) is 1. The van der Waals surface area contributed by atoms with Crippen molar-refractivity contribution in [2.75, 3.05) is 11.1 Å². The van der Waals surface area contributed by atoms with E-state index in [0.29, 0.717) is 23.7 Å². The van der Waals surface area contributed by atoms with Crippen molar-refractivity contribution in [3.05, 3.63) is 47.7 Å². The maximum Gasteiger partial charge on any atom is 0.153 e. The zero-order chi connectivity index (χ0) is 18.4. The van der Waals surface area contributed by atoms with Crippen molar-refractivity contribution in [3.8, 4) is 0 Å². The summed E-state index contributed by atoms with van der Waals surface area (Å²) >= 11 is 0. The van der Waals surface area contributed by atoms with Crippen molar-refractivity contribution in [1.82, 2.24) is 20.4 Å². The molecule has 2 aromatic heterocycles. The van der Waals surface area contributed by atoms with Crippen LogP contribution in [0.3, 0.4) is 0 Å². The highest BCUT2D eigenvalue weighted by atomic mass is 15.1. The summed E-state index contributed by atoms with van der Waals surface area (Å²) in [6.07, 6.45) is 6.10. The Labute approximate surface area is 161 Å². The molecular weight excluding hydrogens is 348 g/mol. The third-order valence-corrected chi connectivity index (χ3v) is 7.65. The summed E-state index contributed by atoms with van der Waals surface area (Å²) in [5.74, 6) is 3.41. The van der Waals surface area contributed by atoms with Crippen molar-refractivity contribution in [3.63, 3.8) is 0 Å². The maximum absolute atomic E-state index is 5.98.